The molecule has 0 amide bonds. The van der Waals surface area contributed by atoms with Crippen molar-refractivity contribution >= 4 is 24.3 Å². The first kappa shape index (κ1) is 18.1. The van der Waals surface area contributed by atoms with Gasteiger partial charge in [-0.05, 0) is 56.3 Å². The fourth-order valence-corrected chi connectivity index (χ4v) is 3.94. The maximum absolute atomic E-state index is 10.9. The van der Waals surface area contributed by atoms with Crippen LogP contribution in [0.1, 0.15) is 57.8 Å². The minimum absolute atomic E-state index is 0. The number of nitrogens with two attached hydrogens (primary N) is 2. The van der Waals surface area contributed by atoms with Crippen LogP contribution in [0.2, 0.25) is 0 Å². The van der Waals surface area contributed by atoms with E-state index in [4.69, 9.17) is 11.5 Å². The topological polar surface area (TPSA) is 105 Å². The number of guanidine groups is 1. The van der Waals surface area contributed by atoms with Gasteiger partial charge in [0.25, 0.3) is 0 Å². The highest BCUT2D eigenvalue weighted by Gasteiger charge is 2.33. The second-order valence-corrected chi connectivity index (χ2v) is 6.37. The van der Waals surface area contributed by atoms with Crippen LogP contribution in [0, 0.1) is 17.8 Å². The fraction of sp³-hybridized carbons (Fsp3) is 0.867. The Morgan fingerprint density at radius 2 is 1.48 bits per heavy atom. The van der Waals surface area contributed by atoms with E-state index in [0.717, 1.165) is 12.8 Å². The van der Waals surface area contributed by atoms with E-state index in [1.165, 1.54) is 32.1 Å². The Morgan fingerprint density at radius 1 is 0.952 bits per heavy atom. The van der Waals surface area contributed by atoms with Crippen molar-refractivity contribution < 1.29 is 9.90 Å². The van der Waals surface area contributed by atoms with E-state index in [-0.39, 0.29) is 30.3 Å². The van der Waals surface area contributed by atoms with Crippen molar-refractivity contribution in [3.05, 3.63) is 0 Å². The van der Waals surface area contributed by atoms with E-state index in [2.05, 4.69) is 4.99 Å². The molecule has 2 fully saturated rings. The number of rotatable bonds is 4. The molecular weight excluding hydrogens is 290 g/mol. The van der Waals surface area contributed by atoms with Crippen LogP contribution in [0.15, 0.2) is 4.99 Å². The molecule has 0 aliphatic heterocycles. The predicted molar refractivity (Wildman–Crippen MR) is 83.9 cm³/mol. The van der Waals surface area contributed by atoms with Gasteiger partial charge in [0, 0.05) is 5.97 Å². The van der Waals surface area contributed by atoms with Crippen LogP contribution in [-0.4, -0.2) is 18.0 Å². The number of aliphatic carboxylic acids is 1. The molecule has 1 unspecified atom stereocenters. The number of hydrogen-bond acceptors (Lipinski definition) is 3. The third-order valence-electron chi connectivity index (χ3n) is 5.02. The number of halogens is 1. The Bertz CT molecular complexity index is 358. The van der Waals surface area contributed by atoms with Crippen LogP contribution >= 0.6 is 12.4 Å². The lowest BCUT2D eigenvalue weighted by molar-refractivity contribution is -0.312. The molecule has 122 valence electrons. The van der Waals surface area contributed by atoms with Crippen LogP contribution in [0.3, 0.4) is 0 Å². The molecule has 2 aliphatic carbocycles. The molecule has 5 nitrogen and oxygen atoms in total. The summed E-state index contributed by atoms with van der Waals surface area (Å²) in [6.07, 6.45) is 9.43. The molecule has 1 atom stereocenters. The second kappa shape index (κ2) is 8.47. The molecule has 21 heavy (non-hydrogen) atoms. The molecule has 0 spiro atoms. The van der Waals surface area contributed by atoms with Crippen molar-refractivity contribution in [2.75, 3.05) is 0 Å². The van der Waals surface area contributed by atoms with Gasteiger partial charge in [-0.3, -0.25) is 0 Å². The molecule has 0 saturated heterocycles. The maximum atomic E-state index is 10.9. The zero-order chi connectivity index (χ0) is 14.5. The van der Waals surface area contributed by atoms with Crippen LogP contribution in [-0.2, 0) is 4.79 Å². The summed E-state index contributed by atoms with van der Waals surface area (Å²) in [6.45, 7) is 0. The molecule has 2 saturated carbocycles. The van der Waals surface area contributed by atoms with Gasteiger partial charge in [0.2, 0.25) is 0 Å². The van der Waals surface area contributed by atoms with Gasteiger partial charge in [-0.25, -0.2) is 4.99 Å². The summed E-state index contributed by atoms with van der Waals surface area (Å²) in [5.74, 6) is -0.0225. The Labute approximate surface area is 133 Å². The summed E-state index contributed by atoms with van der Waals surface area (Å²) >= 11 is 0. The SMILES string of the molecule is Cl.NC(N)=NC(C1CCCCC1)C1CCC(C(=O)[O-])CC1. The standard InChI is InChI=1S/C15H27N3O2.ClH/c16-15(17)18-13(10-4-2-1-3-5-10)11-6-8-12(9-7-11)14(19)20;/h10-13H,1-9H2,(H,19,20)(H4,16,17,18);1H/p-1. The molecule has 2 aliphatic rings. The largest absolute Gasteiger partial charge is 0.550 e. The number of carboxylic acids is 1. The lowest BCUT2D eigenvalue weighted by Crippen LogP contribution is -2.39. The normalized spacial score (nSPS) is 28.2. The van der Waals surface area contributed by atoms with Crippen molar-refractivity contribution in [3.8, 4) is 0 Å². The fourth-order valence-electron chi connectivity index (χ4n) is 3.94. The maximum Gasteiger partial charge on any atom is 0.186 e. The summed E-state index contributed by atoms with van der Waals surface area (Å²) in [6, 6.07) is 0.183. The van der Waals surface area contributed by atoms with E-state index in [1.54, 1.807) is 0 Å². The number of carboxylic acid groups (broad SMARTS) is 1. The minimum Gasteiger partial charge on any atom is -0.550 e. The van der Waals surface area contributed by atoms with Gasteiger partial charge in [0.15, 0.2) is 5.96 Å². The third kappa shape index (κ3) is 5.06. The summed E-state index contributed by atoms with van der Waals surface area (Å²) in [5.41, 5.74) is 11.2. The molecule has 6 heteroatoms. The second-order valence-electron chi connectivity index (χ2n) is 6.37. The van der Waals surface area contributed by atoms with E-state index in [1.807, 2.05) is 0 Å². The van der Waals surface area contributed by atoms with Crippen LogP contribution in [0.4, 0.5) is 0 Å². The van der Waals surface area contributed by atoms with E-state index in [9.17, 15) is 9.90 Å². The number of carbonyl (C=O) groups is 1. The highest BCUT2D eigenvalue weighted by atomic mass is 35.5. The summed E-state index contributed by atoms with van der Waals surface area (Å²) in [4.78, 5) is 15.4. The highest BCUT2D eigenvalue weighted by molar-refractivity contribution is 5.85. The quantitative estimate of drug-likeness (QED) is 0.600. The third-order valence-corrected chi connectivity index (χ3v) is 5.02. The van der Waals surface area contributed by atoms with Crippen molar-refractivity contribution in [2.45, 2.75) is 63.8 Å². The van der Waals surface area contributed by atoms with E-state index >= 15 is 0 Å². The van der Waals surface area contributed by atoms with E-state index < -0.39 is 5.97 Å². The molecule has 0 bridgehead atoms. The molecule has 0 aromatic heterocycles. The Hall–Kier alpha value is -0.970. The summed E-state index contributed by atoms with van der Waals surface area (Å²) in [7, 11) is 0. The lowest BCUT2D eigenvalue weighted by atomic mass is 9.72. The van der Waals surface area contributed by atoms with Gasteiger partial charge >= 0.3 is 0 Å². The van der Waals surface area contributed by atoms with Crippen molar-refractivity contribution in [1.82, 2.24) is 0 Å². The zero-order valence-electron chi connectivity index (χ0n) is 12.5. The predicted octanol–water partition coefficient (Wildman–Crippen LogP) is 1.19. The number of nitrogens with zero attached hydrogens (tertiary/aromatic N) is 1. The molecule has 0 heterocycles. The smallest absolute Gasteiger partial charge is 0.186 e. The Morgan fingerprint density at radius 3 is 1.95 bits per heavy atom. The first-order valence-corrected chi connectivity index (χ1v) is 7.87. The summed E-state index contributed by atoms with van der Waals surface area (Å²) < 4.78 is 0. The van der Waals surface area contributed by atoms with E-state index in [0.29, 0.717) is 24.7 Å². The van der Waals surface area contributed by atoms with Crippen molar-refractivity contribution in [3.63, 3.8) is 0 Å². The van der Waals surface area contributed by atoms with Gasteiger partial charge in [-0.1, -0.05) is 19.3 Å². The minimum atomic E-state index is -0.903. The monoisotopic (exact) mass is 316 g/mol. The molecule has 4 N–H and O–H groups in total. The van der Waals surface area contributed by atoms with Gasteiger partial charge in [0.05, 0.1) is 6.04 Å². The van der Waals surface area contributed by atoms with Gasteiger partial charge < -0.3 is 21.4 Å². The van der Waals surface area contributed by atoms with Gasteiger partial charge in [-0.2, -0.15) is 0 Å². The Kier molecular flexibility index (Phi) is 7.29. The number of aliphatic imine (C=N–C) groups is 1. The van der Waals surface area contributed by atoms with Crippen molar-refractivity contribution in [1.29, 1.82) is 0 Å². The number of hydrogen-bond donors (Lipinski definition) is 2. The molecular formula is C15H27ClN3O2-. The zero-order valence-corrected chi connectivity index (χ0v) is 13.3. The van der Waals surface area contributed by atoms with Crippen molar-refractivity contribution in [2.24, 2.45) is 34.2 Å². The highest BCUT2D eigenvalue weighted by Crippen LogP contribution is 2.38. The molecule has 0 aromatic rings. The first-order valence-electron chi connectivity index (χ1n) is 7.87. The van der Waals surface area contributed by atoms with Gasteiger partial charge in [0.1, 0.15) is 0 Å². The van der Waals surface area contributed by atoms with Crippen LogP contribution < -0.4 is 16.6 Å². The summed E-state index contributed by atoms with van der Waals surface area (Å²) in [5, 5.41) is 10.9. The van der Waals surface area contributed by atoms with Gasteiger partial charge in [-0.15, -0.1) is 12.4 Å². The molecule has 2 rings (SSSR count). The molecule has 0 aromatic carbocycles. The van der Waals surface area contributed by atoms with Crippen LogP contribution in [0.5, 0.6) is 0 Å². The number of carbonyl (C=O) groups excluding carboxylic acids is 1. The average Bonchev–Trinajstić information content (AvgIpc) is 2.45. The van der Waals surface area contributed by atoms with Crippen LogP contribution in [0.25, 0.3) is 0 Å². The lowest BCUT2D eigenvalue weighted by Gasteiger charge is -2.37. The Balaban J connectivity index is 0.00000220. The first-order chi connectivity index (χ1) is 9.58. The molecule has 0 radical (unpaired) electrons. The average molecular weight is 317 g/mol.